The summed E-state index contributed by atoms with van der Waals surface area (Å²) in [6.45, 7) is 2.01. The Kier molecular flexibility index (Phi) is 5.98. The molecule has 0 aromatic heterocycles. The van der Waals surface area contributed by atoms with Crippen molar-refractivity contribution in [3.05, 3.63) is 29.8 Å². The van der Waals surface area contributed by atoms with Crippen LogP contribution in [0, 0.1) is 5.92 Å². The van der Waals surface area contributed by atoms with E-state index < -0.39 is 12.1 Å². The Bertz CT molecular complexity index is 560. The number of rotatable bonds is 7. The Morgan fingerprint density at radius 2 is 2.17 bits per heavy atom. The van der Waals surface area contributed by atoms with Crippen molar-refractivity contribution in [3.63, 3.8) is 0 Å². The Morgan fingerprint density at radius 1 is 1.39 bits per heavy atom. The minimum Gasteiger partial charge on any atom is -0.497 e. The van der Waals surface area contributed by atoms with E-state index in [2.05, 4.69) is 5.32 Å². The maximum Gasteiger partial charge on any atom is 0.306 e. The molecule has 0 aliphatic heterocycles. The lowest BCUT2D eigenvalue weighted by molar-refractivity contribution is -0.141. The Balaban J connectivity index is 1.78. The lowest BCUT2D eigenvalue weighted by atomic mass is 10.1. The zero-order chi connectivity index (χ0) is 16.8. The highest BCUT2D eigenvalue weighted by molar-refractivity contribution is 5.80. The largest absolute Gasteiger partial charge is 0.497 e. The number of carboxylic acids is 1. The molecule has 1 aliphatic carbocycles. The van der Waals surface area contributed by atoms with Crippen molar-refractivity contribution < 1.29 is 24.2 Å². The molecule has 1 unspecified atom stereocenters. The molecule has 1 aromatic carbocycles. The first-order valence-electron chi connectivity index (χ1n) is 7.77. The van der Waals surface area contributed by atoms with Gasteiger partial charge in [-0.05, 0) is 43.9 Å². The van der Waals surface area contributed by atoms with Gasteiger partial charge in [-0.2, -0.15) is 0 Å². The van der Waals surface area contributed by atoms with Gasteiger partial charge in [-0.1, -0.05) is 12.1 Å². The zero-order valence-electron chi connectivity index (χ0n) is 13.5. The third-order valence-corrected chi connectivity index (χ3v) is 4.13. The van der Waals surface area contributed by atoms with Crippen LogP contribution in [0.5, 0.6) is 5.75 Å². The van der Waals surface area contributed by atoms with Gasteiger partial charge in [0, 0.05) is 6.04 Å². The molecule has 0 bridgehead atoms. The molecule has 1 aliphatic rings. The number of amides is 1. The summed E-state index contributed by atoms with van der Waals surface area (Å²) in [6, 6.07) is 7.40. The maximum atomic E-state index is 12.1. The van der Waals surface area contributed by atoms with Crippen LogP contribution in [0.2, 0.25) is 0 Å². The first-order valence-corrected chi connectivity index (χ1v) is 7.77. The van der Waals surface area contributed by atoms with Crippen LogP contribution in [0.3, 0.4) is 0 Å². The second-order valence-electron chi connectivity index (χ2n) is 5.86. The van der Waals surface area contributed by atoms with Crippen LogP contribution in [0.25, 0.3) is 0 Å². The van der Waals surface area contributed by atoms with Gasteiger partial charge in [0.25, 0.3) is 0 Å². The third-order valence-electron chi connectivity index (χ3n) is 4.13. The van der Waals surface area contributed by atoms with Crippen molar-refractivity contribution in [2.45, 2.75) is 44.9 Å². The van der Waals surface area contributed by atoms with Gasteiger partial charge in [0.05, 0.1) is 19.6 Å². The summed E-state index contributed by atoms with van der Waals surface area (Å²) in [5.74, 6) is -0.602. The number of carbonyl (C=O) groups is 2. The highest BCUT2D eigenvalue weighted by atomic mass is 16.5. The first kappa shape index (κ1) is 17.3. The van der Waals surface area contributed by atoms with Gasteiger partial charge in [-0.15, -0.1) is 0 Å². The lowest BCUT2D eigenvalue weighted by Crippen LogP contribution is -2.40. The van der Waals surface area contributed by atoms with E-state index in [0.29, 0.717) is 25.9 Å². The van der Waals surface area contributed by atoms with Crippen molar-refractivity contribution in [1.82, 2.24) is 5.32 Å². The van der Waals surface area contributed by atoms with Gasteiger partial charge in [0.2, 0.25) is 5.91 Å². The molecule has 126 valence electrons. The van der Waals surface area contributed by atoms with Crippen LogP contribution in [0.1, 0.15) is 31.7 Å². The second-order valence-corrected chi connectivity index (χ2v) is 5.86. The molecule has 1 amide bonds. The van der Waals surface area contributed by atoms with Gasteiger partial charge in [0.15, 0.2) is 0 Å². The summed E-state index contributed by atoms with van der Waals surface area (Å²) in [6.07, 6.45) is 1.21. The average Bonchev–Trinajstić information content (AvgIpc) is 3.01. The SMILES string of the molecule is COc1cccc(COC(C)C(=O)N[C@H]2CC[C@@H](C(=O)O)C2)c1. The van der Waals surface area contributed by atoms with E-state index in [1.165, 1.54) is 0 Å². The molecule has 2 rings (SSSR count). The minimum atomic E-state index is -0.788. The fourth-order valence-electron chi connectivity index (χ4n) is 2.71. The van der Waals surface area contributed by atoms with Crippen LogP contribution in [-0.2, 0) is 20.9 Å². The van der Waals surface area contributed by atoms with E-state index in [-0.39, 0.29) is 17.9 Å². The number of carboxylic acid groups (broad SMARTS) is 1. The number of benzene rings is 1. The topological polar surface area (TPSA) is 84.9 Å². The Hall–Kier alpha value is -2.08. The summed E-state index contributed by atoms with van der Waals surface area (Å²) < 4.78 is 10.7. The van der Waals surface area contributed by atoms with Crippen molar-refractivity contribution in [2.24, 2.45) is 5.92 Å². The van der Waals surface area contributed by atoms with Gasteiger partial charge in [-0.25, -0.2) is 0 Å². The normalized spacial score (nSPS) is 21.7. The number of hydrogen-bond acceptors (Lipinski definition) is 4. The monoisotopic (exact) mass is 321 g/mol. The molecule has 0 radical (unpaired) electrons. The summed E-state index contributed by atoms with van der Waals surface area (Å²) >= 11 is 0. The highest BCUT2D eigenvalue weighted by Crippen LogP contribution is 2.25. The zero-order valence-corrected chi connectivity index (χ0v) is 13.5. The van der Waals surface area contributed by atoms with E-state index >= 15 is 0 Å². The van der Waals surface area contributed by atoms with Crippen LogP contribution in [0.4, 0.5) is 0 Å². The van der Waals surface area contributed by atoms with Gasteiger partial charge >= 0.3 is 5.97 Å². The summed E-state index contributed by atoms with van der Waals surface area (Å²) in [7, 11) is 1.60. The molecular formula is C17H23NO5. The van der Waals surface area contributed by atoms with Gasteiger partial charge in [-0.3, -0.25) is 9.59 Å². The molecule has 6 heteroatoms. The fourth-order valence-corrected chi connectivity index (χ4v) is 2.71. The molecule has 2 N–H and O–H groups in total. The number of aliphatic carboxylic acids is 1. The predicted molar refractivity (Wildman–Crippen MR) is 84.2 cm³/mol. The number of methoxy groups -OCH3 is 1. The molecule has 3 atom stereocenters. The smallest absolute Gasteiger partial charge is 0.306 e. The Labute approximate surface area is 135 Å². The van der Waals surface area contributed by atoms with E-state index in [9.17, 15) is 9.59 Å². The van der Waals surface area contributed by atoms with E-state index in [1.807, 2.05) is 24.3 Å². The van der Waals surface area contributed by atoms with Gasteiger partial charge < -0.3 is 19.9 Å². The summed E-state index contributed by atoms with van der Waals surface area (Å²) in [4.78, 5) is 23.0. The van der Waals surface area contributed by atoms with Crippen LogP contribution in [0.15, 0.2) is 24.3 Å². The first-order chi connectivity index (χ1) is 11.0. The van der Waals surface area contributed by atoms with Crippen molar-refractivity contribution >= 4 is 11.9 Å². The van der Waals surface area contributed by atoms with Gasteiger partial charge in [0.1, 0.15) is 11.9 Å². The molecular weight excluding hydrogens is 298 g/mol. The molecule has 1 saturated carbocycles. The van der Waals surface area contributed by atoms with E-state index in [1.54, 1.807) is 14.0 Å². The molecule has 1 aromatic rings. The fraction of sp³-hybridized carbons (Fsp3) is 0.529. The standard InChI is InChI=1S/C17H23NO5/c1-11(23-10-12-4-3-5-15(8-12)22-2)16(19)18-14-7-6-13(9-14)17(20)21/h3-5,8,11,13-14H,6-7,9-10H2,1-2H3,(H,18,19)(H,20,21)/t11?,13-,14+/m1/s1. The molecule has 0 heterocycles. The molecule has 0 saturated heterocycles. The molecule has 1 fully saturated rings. The second kappa shape index (κ2) is 7.97. The number of hydrogen-bond donors (Lipinski definition) is 2. The average molecular weight is 321 g/mol. The van der Waals surface area contributed by atoms with Crippen LogP contribution < -0.4 is 10.1 Å². The minimum absolute atomic E-state index is 0.0773. The maximum absolute atomic E-state index is 12.1. The third kappa shape index (κ3) is 4.96. The summed E-state index contributed by atoms with van der Waals surface area (Å²) in [5.41, 5.74) is 0.927. The van der Waals surface area contributed by atoms with E-state index in [4.69, 9.17) is 14.6 Å². The Morgan fingerprint density at radius 3 is 2.83 bits per heavy atom. The van der Waals surface area contributed by atoms with Crippen molar-refractivity contribution in [1.29, 1.82) is 0 Å². The van der Waals surface area contributed by atoms with Crippen molar-refractivity contribution in [2.75, 3.05) is 7.11 Å². The summed E-state index contributed by atoms with van der Waals surface area (Å²) in [5, 5.41) is 11.9. The molecule has 0 spiro atoms. The molecule has 6 nitrogen and oxygen atoms in total. The predicted octanol–water partition coefficient (Wildman–Crippen LogP) is 1.97. The van der Waals surface area contributed by atoms with Crippen LogP contribution >= 0.6 is 0 Å². The molecule has 23 heavy (non-hydrogen) atoms. The number of carbonyl (C=O) groups excluding carboxylic acids is 1. The van der Waals surface area contributed by atoms with Crippen molar-refractivity contribution in [3.8, 4) is 5.75 Å². The quantitative estimate of drug-likeness (QED) is 0.802. The number of nitrogens with one attached hydrogen (secondary N) is 1. The lowest BCUT2D eigenvalue weighted by Gasteiger charge is -2.17. The highest BCUT2D eigenvalue weighted by Gasteiger charge is 2.31. The van der Waals surface area contributed by atoms with E-state index in [0.717, 1.165) is 11.3 Å². The van der Waals surface area contributed by atoms with Crippen LogP contribution in [-0.4, -0.2) is 36.2 Å². The number of ether oxygens (including phenoxy) is 2.